The average molecular weight is 208 g/mol. The van der Waals surface area contributed by atoms with Crippen molar-refractivity contribution in [3.8, 4) is 0 Å². The van der Waals surface area contributed by atoms with Crippen molar-refractivity contribution in [3.63, 3.8) is 0 Å². The maximum absolute atomic E-state index is 11.4. The largest absolute Gasteiger partial charge is 0.473 e. The van der Waals surface area contributed by atoms with Crippen molar-refractivity contribution in [1.82, 2.24) is 0 Å². The summed E-state index contributed by atoms with van der Waals surface area (Å²) in [6.07, 6.45) is -4.46. The molecule has 0 aliphatic heterocycles. The first-order chi connectivity index (χ1) is 4.84. The molecule has 0 saturated carbocycles. The van der Waals surface area contributed by atoms with Crippen LogP contribution in [-0.2, 0) is 4.79 Å². The number of hydrogen-bond acceptors (Lipinski definition) is 1. The molecule has 11 heavy (non-hydrogen) atoms. The quantitative estimate of drug-likeness (QED) is 0.478. The van der Waals surface area contributed by atoms with Gasteiger partial charge in [-0.1, -0.05) is 23.2 Å². The molecule has 1 amide bonds. The van der Waals surface area contributed by atoms with Gasteiger partial charge >= 0.3 is 12.1 Å². The van der Waals surface area contributed by atoms with Gasteiger partial charge in [0.05, 0.1) is 0 Å². The van der Waals surface area contributed by atoms with Crippen LogP contribution in [0.3, 0.4) is 0 Å². The molecule has 0 bridgehead atoms. The van der Waals surface area contributed by atoms with Gasteiger partial charge in [0.15, 0.2) is 0 Å². The zero-order chi connectivity index (χ0) is 9.07. The Labute approximate surface area is 70.0 Å². The molecule has 0 aromatic rings. The summed E-state index contributed by atoms with van der Waals surface area (Å²) >= 11 is 9.94. The van der Waals surface area contributed by atoms with Gasteiger partial charge in [-0.2, -0.15) is 13.2 Å². The van der Waals surface area contributed by atoms with Crippen LogP contribution in [0.25, 0.3) is 0 Å². The summed E-state index contributed by atoms with van der Waals surface area (Å²) in [5.74, 6) is -2.22. The second-order valence-electron chi connectivity index (χ2n) is 1.42. The molecule has 0 radical (unpaired) electrons. The lowest BCUT2D eigenvalue weighted by molar-refractivity contribution is -0.169. The van der Waals surface area contributed by atoms with Gasteiger partial charge in [0, 0.05) is 6.21 Å². The fourth-order valence-electron chi connectivity index (χ4n) is 0.197. The van der Waals surface area contributed by atoms with E-state index in [1.54, 1.807) is 0 Å². The molecule has 0 rings (SSSR count). The van der Waals surface area contributed by atoms with Gasteiger partial charge in [-0.3, -0.25) is 4.79 Å². The first kappa shape index (κ1) is 10.7. The van der Waals surface area contributed by atoms with Gasteiger partial charge < -0.3 is 0 Å². The molecule has 0 spiro atoms. The van der Waals surface area contributed by atoms with Gasteiger partial charge in [0.2, 0.25) is 0 Å². The molecule has 2 nitrogen and oxygen atoms in total. The van der Waals surface area contributed by atoms with Crippen LogP contribution in [0.4, 0.5) is 13.2 Å². The molecular formula is C4H2Cl2F3NO. The van der Waals surface area contributed by atoms with E-state index < -0.39 is 16.9 Å². The molecule has 0 aromatic heterocycles. The van der Waals surface area contributed by atoms with Crippen molar-refractivity contribution in [2.75, 3.05) is 0 Å². The van der Waals surface area contributed by atoms with Crippen molar-refractivity contribution in [3.05, 3.63) is 0 Å². The molecular weight excluding hydrogens is 206 g/mol. The lowest BCUT2D eigenvalue weighted by atomic mass is 10.6. The summed E-state index contributed by atoms with van der Waals surface area (Å²) in [5.41, 5.74) is 0. The minimum absolute atomic E-state index is 0.499. The number of amides is 1. The summed E-state index contributed by atoms with van der Waals surface area (Å²) in [5, 5.41) is 0. The molecule has 7 heteroatoms. The number of carbonyl (C=O) groups is 1. The van der Waals surface area contributed by atoms with Crippen molar-refractivity contribution in [2.24, 2.45) is 4.99 Å². The van der Waals surface area contributed by atoms with Gasteiger partial charge in [-0.05, 0) is 0 Å². The van der Waals surface area contributed by atoms with Gasteiger partial charge in [0.25, 0.3) is 0 Å². The minimum atomic E-state index is -4.96. The molecule has 0 unspecified atom stereocenters. The van der Waals surface area contributed by atoms with Crippen LogP contribution < -0.4 is 0 Å². The Hall–Kier alpha value is -0.290. The summed E-state index contributed by atoms with van der Waals surface area (Å²) in [4.78, 5) is 11.2. The highest BCUT2D eigenvalue weighted by molar-refractivity contribution is 6.51. The second-order valence-corrected chi connectivity index (χ2v) is 2.58. The number of rotatable bonds is 1. The van der Waals surface area contributed by atoms with Gasteiger partial charge in [-0.15, -0.1) is 0 Å². The van der Waals surface area contributed by atoms with Crippen LogP contribution in [0, 0.1) is 0 Å². The molecule has 0 aromatic carbocycles. The molecule has 0 heterocycles. The van der Waals surface area contributed by atoms with Crippen molar-refractivity contribution < 1.29 is 18.0 Å². The SMILES string of the molecule is O=C(N=CC(Cl)Cl)C(F)(F)F. The summed E-state index contributed by atoms with van der Waals surface area (Å²) < 4.78 is 34.1. The Balaban J connectivity index is 4.09. The Kier molecular flexibility index (Phi) is 3.82. The van der Waals surface area contributed by atoms with E-state index in [0.717, 1.165) is 0 Å². The van der Waals surface area contributed by atoms with Crippen LogP contribution in [0.2, 0.25) is 0 Å². The molecule has 0 atom stereocenters. The van der Waals surface area contributed by atoms with E-state index in [-0.39, 0.29) is 0 Å². The number of hydrogen-bond donors (Lipinski definition) is 0. The zero-order valence-electron chi connectivity index (χ0n) is 4.90. The van der Waals surface area contributed by atoms with Crippen molar-refractivity contribution >= 4 is 35.3 Å². The third-order valence-corrected chi connectivity index (χ3v) is 0.772. The number of halogens is 5. The first-order valence-corrected chi connectivity index (χ1v) is 3.15. The van der Waals surface area contributed by atoms with Crippen LogP contribution in [-0.4, -0.2) is 23.1 Å². The van der Waals surface area contributed by atoms with Crippen molar-refractivity contribution in [1.29, 1.82) is 0 Å². The Morgan fingerprint density at radius 1 is 1.45 bits per heavy atom. The lowest BCUT2D eigenvalue weighted by Crippen LogP contribution is -2.20. The Morgan fingerprint density at radius 3 is 2.18 bits per heavy atom. The number of aliphatic imine (C=N–C) groups is 1. The summed E-state index contributed by atoms with van der Waals surface area (Å²) in [6.45, 7) is 0. The highest BCUT2D eigenvalue weighted by atomic mass is 35.5. The molecule has 0 aliphatic carbocycles. The van der Waals surface area contributed by atoms with Gasteiger partial charge in [-0.25, -0.2) is 4.99 Å². The highest BCUT2D eigenvalue weighted by Crippen LogP contribution is 2.16. The van der Waals surface area contributed by atoms with Crippen LogP contribution in [0.1, 0.15) is 0 Å². The second kappa shape index (κ2) is 3.92. The first-order valence-electron chi connectivity index (χ1n) is 2.27. The summed E-state index contributed by atoms with van der Waals surface area (Å²) in [7, 11) is 0. The fourth-order valence-corrected chi connectivity index (χ4v) is 0.310. The van der Waals surface area contributed by atoms with E-state index in [1.807, 2.05) is 0 Å². The van der Waals surface area contributed by atoms with E-state index in [1.165, 1.54) is 0 Å². The minimum Gasteiger partial charge on any atom is -0.262 e. The van der Waals surface area contributed by atoms with E-state index >= 15 is 0 Å². The molecule has 0 fully saturated rings. The zero-order valence-corrected chi connectivity index (χ0v) is 6.41. The normalized spacial score (nSPS) is 12.9. The Bertz CT molecular complexity index is 177. The molecule has 64 valence electrons. The highest BCUT2D eigenvalue weighted by Gasteiger charge is 2.38. The van der Waals surface area contributed by atoms with E-state index in [0.29, 0.717) is 6.21 Å². The topological polar surface area (TPSA) is 29.4 Å². The van der Waals surface area contributed by atoms with Crippen LogP contribution >= 0.6 is 23.2 Å². The number of carbonyl (C=O) groups excluding carboxylic acids is 1. The van der Waals surface area contributed by atoms with E-state index in [2.05, 4.69) is 4.99 Å². The maximum Gasteiger partial charge on any atom is 0.473 e. The van der Waals surface area contributed by atoms with Crippen LogP contribution in [0.5, 0.6) is 0 Å². The fraction of sp³-hybridized carbons (Fsp3) is 0.500. The predicted octanol–water partition coefficient (Wildman–Crippen LogP) is 1.95. The predicted molar refractivity (Wildman–Crippen MR) is 35.0 cm³/mol. The number of nitrogens with zero attached hydrogens (tertiary/aromatic N) is 1. The van der Waals surface area contributed by atoms with E-state index in [4.69, 9.17) is 23.2 Å². The van der Waals surface area contributed by atoms with Gasteiger partial charge in [0.1, 0.15) is 4.84 Å². The lowest BCUT2D eigenvalue weighted by Gasteiger charge is -1.97. The molecule has 0 aliphatic rings. The average Bonchev–Trinajstić information content (AvgIpc) is 1.80. The maximum atomic E-state index is 11.4. The smallest absolute Gasteiger partial charge is 0.262 e. The summed E-state index contributed by atoms with van der Waals surface area (Å²) in [6, 6.07) is 0. The molecule has 0 saturated heterocycles. The monoisotopic (exact) mass is 207 g/mol. The number of alkyl halides is 5. The Morgan fingerprint density at radius 2 is 1.91 bits per heavy atom. The third-order valence-electron chi connectivity index (χ3n) is 0.547. The standard InChI is InChI=1S/C4H2Cl2F3NO/c5-2(6)1-10-3(11)4(7,8)9/h1-2H. The third kappa shape index (κ3) is 5.03. The van der Waals surface area contributed by atoms with Crippen LogP contribution in [0.15, 0.2) is 4.99 Å². The van der Waals surface area contributed by atoms with E-state index in [9.17, 15) is 18.0 Å². The van der Waals surface area contributed by atoms with Crippen molar-refractivity contribution in [2.45, 2.75) is 11.0 Å². The molecule has 0 N–H and O–H groups in total.